The van der Waals surface area contributed by atoms with E-state index in [2.05, 4.69) is 5.32 Å². The number of rotatable bonds is 9. The van der Waals surface area contributed by atoms with E-state index < -0.39 is 6.10 Å². The lowest BCUT2D eigenvalue weighted by atomic mass is 10.1. The van der Waals surface area contributed by atoms with E-state index in [1.807, 2.05) is 21.6 Å². The molecule has 0 bridgehead atoms. The second kappa shape index (κ2) is 10.9. The van der Waals surface area contributed by atoms with Crippen LogP contribution in [0.1, 0.15) is 39.0 Å². The zero-order valence-electron chi connectivity index (χ0n) is 15.0. The highest BCUT2D eigenvalue weighted by molar-refractivity contribution is 8.77. The van der Waals surface area contributed by atoms with Gasteiger partial charge in [0.15, 0.2) is 6.10 Å². The molecule has 1 aromatic rings. The SMILES string of the molecule is COc1ccc(NC(=O)[C@H](C)OC(=O)CCCC[C@@H]2CCSS2)cc1Cl. The van der Waals surface area contributed by atoms with Crippen LogP contribution in [0.15, 0.2) is 18.2 Å². The smallest absolute Gasteiger partial charge is 0.306 e. The average molecular weight is 418 g/mol. The number of ether oxygens (including phenoxy) is 2. The van der Waals surface area contributed by atoms with Crippen LogP contribution in [0.4, 0.5) is 5.69 Å². The molecule has 0 saturated carbocycles. The first-order valence-corrected chi connectivity index (χ1v) is 11.4. The van der Waals surface area contributed by atoms with Crippen LogP contribution in [0.2, 0.25) is 5.02 Å². The van der Waals surface area contributed by atoms with Gasteiger partial charge in [-0.1, -0.05) is 39.6 Å². The lowest BCUT2D eigenvalue weighted by Gasteiger charge is -2.14. The maximum atomic E-state index is 12.1. The van der Waals surface area contributed by atoms with Gasteiger partial charge in [-0.25, -0.2) is 0 Å². The van der Waals surface area contributed by atoms with Gasteiger partial charge in [-0.2, -0.15) is 0 Å². The maximum Gasteiger partial charge on any atom is 0.306 e. The molecular weight excluding hydrogens is 394 g/mol. The van der Waals surface area contributed by atoms with Gasteiger partial charge in [0.1, 0.15) is 5.75 Å². The number of carbonyl (C=O) groups is 2. The van der Waals surface area contributed by atoms with Gasteiger partial charge >= 0.3 is 5.97 Å². The van der Waals surface area contributed by atoms with Crippen LogP contribution in [0.25, 0.3) is 0 Å². The summed E-state index contributed by atoms with van der Waals surface area (Å²) < 4.78 is 10.3. The molecule has 0 aromatic heterocycles. The summed E-state index contributed by atoms with van der Waals surface area (Å²) in [6.45, 7) is 1.56. The fraction of sp³-hybridized carbons (Fsp3) is 0.556. The van der Waals surface area contributed by atoms with Crippen molar-refractivity contribution in [2.24, 2.45) is 0 Å². The van der Waals surface area contributed by atoms with Crippen molar-refractivity contribution in [1.29, 1.82) is 0 Å². The van der Waals surface area contributed by atoms with Gasteiger partial charge in [-0.15, -0.1) is 0 Å². The number of hydrogen-bond donors (Lipinski definition) is 1. The number of benzene rings is 1. The highest BCUT2D eigenvalue weighted by Gasteiger charge is 2.19. The Kier molecular flexibility index (Phi) is 8.95. The maximum absolute atomic E-state index is 12.1. The van der Waals surface area contributed by atoms with E-state index in [0.717, 1.165) is 24.5 Å². The summed E-state index contributed by atoms with van der Waals surface area (Å²) in [7, 11) is 5.40. The van der Waals surface area contributed by atoms with Gasteiger partial charge in [0, 0.05) is 23.1 Å². The summed E-state index contributed by atoms with van der Waals surface area (Å²) in [5.41, 5.74) is 0.524. The van der Waals surface area contributed by atoms with E-state index in [1.165, 1.54) is 19.3 Å². The first-order chi connectivity index (χ1) is 12.5. The predicted octanol–water partition coefficient (Wildman–Crippen LogP) is 4.93. The van der Waals surface area contributed by atoms with Crippen LogP contribution in [0.3, 0.4) is 0 Å². The van der Waals surface area contributed by atoms with Gasteiger partial charge in [0.25, 0.3) is 5.91 Å². The second-order valence-electron chi connectivity index (χ2n) is 6.05. The summed E-state index contributed by atoms with van der Waals surface area (Å²) in [5, 5.41) is 3.80. The quantitative estimate of drug-likeness (QED) is 0.349. The standard InChI is InChI=1S/C18H24ClNO4S2/c1-12(18(22)20-13-7-8-16(23-2)15(19)11-13)24-17(21)6-4-3-5-14-9-10-25-26-14/h7-8,11-12,14H,3-6,9-10H2,1-2H3,(H,20,22)/t12-,14+/m0/s1. The number of carbonyl (C=O) groups excluding carboxylic acids is 2. The summed E-state index contributed by atoms with van der Waals surface area (Å²) in [5.74, 6) is 1.02. The van der Waals surface area contributed by atoms with Crippen molar-refractivity contribution >= 4 is 50.8 Å². The zero-order valence-corrected chi connectivity index (χ0v) is 17.3. The van der Waals surface area contributed by atoms with Crippen LogP contribution >= 0.6 is 33.2 Å². The van der Waals surface area contributed by atoms with Crippen LogP contribution in [-0.4, -0.2) is 36.1 Å². The number of methoxy groups -OCH3 is 1. The van der Waals surface area contributed by atoms with Crippen molar-refractivity contribution < 1.29 is 19.1 Å². The van der Waals surface area contributed by atoms with Crippen LogP contribution in [-0.2, 0) is 14.3 Å². The molecule has 26 heavy (non-hydrogen) atoms. The number of nitrogens with one attached hydrogen (secondary N) is 1. The molecule has 1 saturated heterocycles. The molecule has 0 unspecified atom stereocenters. The molecule has 1 heterocycles. The first-order valence-electron chi connectivity index (χ1n) is 8.61. The Morgan fingerprint density at radius 1 is 1.38 bits per heavy atom. The number of amides is 1. The Hall–Kier alpha value is -1.05. The van der Waals surface area contributed by atoms with Crippen molar-refractivity contribution in [2.75, 3.05) is 18.2 Å². The molecule has 1 aliphatic heterocycles. The van der Waals surface area contributed by atoms with Crippen molar-refractivity contribution in [2.45, 2.75) is 50.4 Å². The van der Waals surface area contributed by atoms with Crippen LogP contribution in [0, 0.1) is 0 Å². The average Bonchev–Trinajstić information content (AvgIpc) is 3.12. The van der Waals surface area contributed by atoms with E-state index in [-0.39, 0.29) is 11.9 Å². The number of hydrogen-bond acceptors (Lipinski definition) is 6. The lowest BCUT2D eigenvalue weighted by Crippen LogP contribution is -2.29. The number of anilines is 1. The molecule has 0 spiro atoms. The van der Waals surface area contributed by atoms with Crippen molar-refractivity contribution in [1.82, 2.24) is 0 Å². The molecule has 1 amide bonds. The summed E-state index contributed by atoms with van der Waals surface area (Å²) >= 11 is 6.03. The fourth-order valence-electron chi connectivity index (χ4n) is 2.50. The molecule has 8 heteroatoms. The van der Waals surface area contributed by atoms with E-state index in [9.17, 15) is 9.59 Å². The fourth-order valence-corrected chi connectivity index (χ4v) is 5.79. The first kappa shape index (κ1) is 21.3. The number of esters is 1. The second-order valence-corrected chi connectivity index (χ2v) is 9.24. The van der Waals surface area contributed by atoms with E-state index in [0.29, 0.717) is 22.9 Å². The Morgan fingerprint density at radius 2 is 2.19 bits per heavy atom. The minimum Gasteiger partial charge on any atom is -0.495 e. The highest BCUT2D eigenvalue weighted by atomic mass is 35.5. The van der Waals surface area contributed by atoms with Gasteiger partial charge in [0.2, 0.25) is 0 Å². The molecule has 2 rings (SSSR count). The van der Waals surface area contributed by atoms with Gasteiger partial charge in [-0.3, -0.25) is 9.59 Å². The largest absolute Gasteiger partial charge is 0.495 e. The number of halogens is 1. The predicted molar refractivity (Wildman–Crippen MR) is 109 cm³/mol. The summed E-state index contributed by atoms with van der Waals surface area (Å²) in [4.78, 5) is 24.0. The van der Waals surface area contributed by atoms with E-state index >= 15 is 0 Å². The van der Waals surface area contributed by atoms with Gasteiger partial charge < -0.3 is 14.8 Å². The lowest BCUT2D eigenvalue weighted by molar-refractivity contribution is -0.153. The highest BCUT2D eigenvalue weighted by Crippen LogP contribution is 2.39. The molecule has 0 aliphatic carbocycles. The normalized spacial score (nSPS) is 17.6. The molecule has 1 aliphatic rings. The molecule has 1 aromatic carbocycles. The van der Waals surface area contributed by atoms with Gasteiger partial charge in [0.05, 0.1) is 12.1 Å². The molecular formula is C18H24ClNO4S2. The molecule has 1 fully saturated rings. The van der Waals surface area contributed by atoms with Crippen LogP contribution < -0.4 is 10.1 Å². The van der Waals surface area contributed by atoms with Crippen molar-refractivity contribution in [3.8, 4) is 5.75 Å². The molecule has 0 radical (unpaired) electrons. The number of unbranched alkanes of at least 4 members (excludes halogenated alkanes) is 1. The Labute approximate surface area is 167 Å². The Morgan fingerprint density at radius 3 is 2.85 bits per heavy atom. The third-order valence-corrected chi connectivity index (χ3v) is 7.28. The topological polar surface area (TPSA) is 64.6 Å². The van der Waals surface area contributed by atoms with E-state index in [4.69, 9.17) is 21.1 Å². The molecule has 5 nitrogen and oxygen atoms in total. The minimum absolute atomic E-state index is 0.339. The summed E-state index contributed by atoms with van der Waals surface area (Å²) in [6, 6.07) is 4.93. The monoisotopic (exact) mass is 417 g/mol. The molecule has 2 atom stereocenters. The van der Waals surface area contributed by atoms with Crippen molar-refractivity contribution in [3.63, 3.8) is 0 Å². The Bertz CT molecular complexity index is 623. The molecule has 144 valence electrons. The van der Waals surface area contributed by atoms with Gasteiger partial charge in [-0.05, 0) is 44.4 Å². The van der Waals surface area contributed by atoms with E-state index in [1.54, 1.807) is 25.1 Å². The zero-order chi connectivity index (χ0) is 18.9. The van der Waals surface area contributed by atoms with Crippen molar-refractivity contribution in [3.05, 3.63) is 23.2 Å². The third-order valence-electron chi connectivity index (χ3n) is 3.98. The third kappa shape index (κ3) is 6.93. The minimum atomic E-state index is -0.856. The summed E-state index contributed by atoms with van der Waals surface area (Å²) in [6.07, 6.45) is 3.69. The molecule has 1 N–H and O–H groups in total. The van der Waals surface area contributed by atoms with Crippen LogP contribution in [0.5, 0.6) is 5.75 Å². The Balaban J connectivity index is 1.68.